The van der Waals surface area contributed by atoms with Gasteiger partial charge in [0, 0.05) is 15.9 Å². The van der Waals surface area contributed by atoms with Crippen LogP contribution < -0.4 is 26.3 Å². The van der Waals surface area contributed by atoms with E-state index in [9.17, 15) is 4.79 Å². The molecule has 8 heteroatoms. The Morgan fingerprint density at radius 3 is 2.33 bits per heavy atom. The predicted octanol–water partition coefficient (Wildman–Crippen LogP) is 3.84. The number of para-hydroxylation sites is 1. The van der Waals surface area contributed by atoms with E-state index in [2.05, 4.69) is 10.4 Å². The van der Waals surface area contributed by atoms with E-state index >= 15 is 0 Å². The van der Waals surface area contributed by atoms with Crippen LogP contribution in [0.15, 0.2) is 81.3 Å². The summed E-state index contributed by atoms with van der Waals surface area (Å²) in [5.41, 5.74) is 3.41. The number of anilines is 1. The molecule has 0 bridgehead atoms. The molecule has 4 aromatic rings. The zero-order valence-electron chi connectivity index (χ0n) is 16.5. The van der Waals surface area contributed by atoms with Gasteiger partial charge in [-0.2, -0.15) is 0 Å². The smallest absolute Gasteiger partial charge is 0.267 e. The Labute approximate surface area is 177 Å². The first-order valence-electron chi connectivity index (χ1n) is 9.14. The summed E-state index contributed by atoms with van der Waals surface area (Å²) in [4.78, 5) is 20.0. The molecule has 0 saturated heterocycles. The van der Waals surface area contributed by atoms with Crippen molar-refractivity contribution in [3.05, 3.63) is 77.1 Å². The Balaban J connectivity index is 1.95. The molecule has 152 valence electrons. The maximum absolute atomic E-state index is 13.5. The second-order valence-corrected chi connectivity index (χ2v) is 7.44. The first-order valence-corrected chi connectivity index (χ1v) is 9.95. The van der Waals surface area contributed by atoms with E-state index in [1.54, 1.807) is 23.9 Å². The van der Waals surface area contributed by atoms with Gasteiger partial charge < -0.3 is 9.47 Å². The van der Waals surface area contributed by atoms with Crippen molar-refractivity contribution >= 4 is 28.6 Å². The predicted molar refractivity (Wildman–Crippen MR) is 119 cm³/mol. The maximum Gasteiger partial charge on any atom is 0.267 e. The van der Waals surface area contributed by atoms with E-state index in [-0.39, 0.29) is 11.5 Å². The lowest BCUT2D eigenvalue weighted by atomic mass is 10.2. The van der Waals surface area contributed by atoms with Crippen LogP contribution in [-0.4, -0.2) is 23.8 Å². The molecule has 30 heavy (non-hydrogen) atoms. The first-order chi connectivity index (χ1) is 14.7. The number of fused-ring (bicyclic) bond motifs is 1. The monoisotopic (exact) mass is 420 g/mol. The Morgan fingerprint density at radius 2 is 1.63 bits per heavy atom. The van der Waals surface area contributed by atoms with Crippen LogP contribution in [0.2, 0.25) is 0 Å². The quantitative estimate of drug-likeness (QED) is 0.362. The summed E-state index contributed by atoms with van der Waals surface area (Å²) in [5, 5.41) is 0.395. The zero-order valence-corrected chi connectivity index (χ0v) is 17.3. The SMILES string of the molecule is COc1cc2nc(NN)n(-c3ccccc3Sc3ccccc3)c(=O)c2cc1OC. The number of rotatable bonds is 6. The summed E-state index contributed by atoms with van der Waals surface area (Å²) in [5.74, 6) is 6.90. The van der Waals surface area contributed by atoms with Crippen LogP contribution in [0.3, 0.4) is 0 Å². The number of aromatic nitrogens is 2. The van der Waals surface area contributed by atoms with Gasteiger partial charge >= 0.3 is 0 Å². The Bertz CT molecular complexity index is 1260. The minimum absolute atomic E-state index is 0.223. The molecule has 0 spiro atoms. The van der Waals surface area contributed by atoms with Crippen LogP contribution in [0.1, 0.15) is 0 Å². The molecular weight excluding hydrogens is 400 g/mol. The van der Waals surface area contributed by atoms with Gasteiger partial charge in [0.2, 0.25) is 5.95 Å². The molecule has 0 radical (unpaired) electrons. The average Bonchev–Trinajstić information content (AvgIpc) is 2.79. The lowest BCUT2D eigenvalue weighted by molar-refractivity contribution is 0.355. The van der Waals surface area contributed by atoms with E-state index in [0.29, 0.717) is 28.1 Å². The summed E-state index contributed by atoms with van der Waals surface area (Å²) in [6.45, 7) is 0. The number of nitrogen functional groups attached to an aromatic ring is 1. The molecule has 7 nitrogen and oxygen atoms in total. The van der Waals surface area contributed by atoms with Crippen LogP contribution in [0.25, 0.3) is 16.6 Å². The highest BCUT2D eigenvalue weighted by Gasteiger charge is 2.18. The van der Waals surface area contributed by atoms with Crippen LogP contribution in [0.5, 0.6) is 11.5 Å². The van der Waals surface area contributed by atoms with Gasteiger partial charge in [-0.1, -0.05) is 42.1 Å². The number of nitrogens with two attached hydrogens (primary N) is 1. The summed E-state index contributed by atoms with van der Waals surface area (Å²) >= 11 is 1.56. The molecule has 0 aliphatic carbocycles. The highest BCUT2D eigenvalue weighted by Crippen LogP contribution is 2.34. The maximum atomic E-state index is 13.5. The lowest BCUT2D eigenvalue weighted by Gasteiger charge is -2.17. The topological polar surface area (TPSA) is 91.4 Å². The number of hydrazine groups is 1. The average molecular weight is 420 g/mol. The van der Waals surface area contributed by atoms with E-state index in [1.165, 1.54) is 18.8 Å². The summed E-state index contributed by atoms with van der Waals surface area (Å²) in [6, 6.07) is 20.9. The fourth-order valence-corrected chi connectivity index (χ4v) is 4.13. The molecule has 0 unspecified atom stereocenters. The van der Waals surface area contributed by atoms with Gasteiger partial charge in [-0.15, -0.1) is 0 Å². The molecule has 0 aliphatic heterocycles. The van der Waals surface area contributed by atoms with Gasteiger partial charge in [0.25, 0.3) is 5.56 Å². The van der Waals surface area contributed by atoms with Gasteiger partial charge in [0.05, 0.1) is 30.8 Å². The van der Waals surface area contributed by atoms with E-state index in [1.807, 2.05) is 54.6 Å². The molecule has 0 amide bonds. The molecule has 1 heterocycles. The minimum atomic E-state index is -0.269. The normalized spacial score (nSPS) is 10.8. The van der Waals surface area contributed by atoms with Gasteiger partial charge in [0.15, 0.2) is 11.5 Å². The molecule has 0 saturated carbocycles. The third-order valence-corrected chi connectivity index (χ3v) is 5.65. The molecular formula is C22H20N4O3S. The number of ether oxygens (including phenoxy) is 2. The van der Waals surface area contributed by atoms with Crippen LogP contribution >= 0.6 is 11.8 Å². The molecule has 0 fully saturated rings. The van der Waals surface area contributed by atoms with E-state index in [0.717, 1.165) is 9.79 Å². The molecule has 3 aromatic carbocycles. The fraction of sp³-hybridized carbons (Fsp3) is 0.0909. The second-order valence-electron chi connectivity index (χ2n) is 6.33. The second kappa shape index (κ2) is 8.48. The summed E-state index contributed by atoms with van der Waals surface area (Å²) in [7, 11) is 3.06. The minimum Gasteiger partial charge on any atom is -0.493 e. The van der Waals surface area contributed by atoms with Gasteiger partial charge in [0.1, 0.15) is 0 Å². The number of nitrogens with zero attached hydrogens (tertiary/aromatic N) is 2. The molecule has 0 aliphatic rings. The number of hydrogen-bond donors (Lipinski definition) is 2. The highest BCUT2D eigenvalue weighted by atomic mass is 32.2. The van der Waals surface area contributed by atoms with E-state index < -0.39 is 0 Å². The first kappa shape index (κ1) is 19.8. The van der Waals surface area contributed by atoms with E-state index in [4.69, 9.17) is 15.3 Å². The van der Waals surface area contributed by atoms with Gasteiger partial charge in [-0.3, -0.25) is 10.2 Å². The zero-order chi connectivity index (χ0) is 21.1. The standard InChI is InChI=1S/C22H20N4O3S/c1-28-18-12-15-16(13-19(18)29-2)24-22(25-23)26(21(15)27)17-10-6-7-11-20(17)30-14-8-4-3-5-9-14/h3-13H,23H2,1-2H3,(H,24,25). The number of nitrogens with one attached hydrogen (secondary N) is 1. The number of methoxy groups -OCH3 is 2. The van der Waals surface area contributed by atoms with Crippen molar-refractivity contribution in [2.75, 3.05) is 19.6 Å². The summed E-state index contributed by atoms with van der Waals surface area (Å²) < 4.78 is 12.2. The Hall–Kier alpha value is -3.49. The highest BCUT2D eigenvalue weighted by molar-refractivity contribution is 7.99. The van der Waals surface area contributed by atoms with Crippen molar-refractivity contribution in [3.8, 4) is 17.2 Å². The lowest BCUT2D eigenvalue weighted by Crippen LogP contribution is -2.26. The fourth-order valence-electron chi connectivity index (χ4n) is 3.18. The molecule has 0 atom stereocenters. The van der Waals surface area contributed by atoms with Crippen molar-refractivity contribution in [1.82, 2.24) is 9.55 Å². The van der Waals surface area contributed by atoms with Crippen molar-refractivity contribution < 1.29 is 9.47 Å². The van der Waals surface area contributed by atoms with Crippen molar-refractivity contribution in [2.24, 2.45) is 5.84 Å². The van der Waals surface area contributed by atoms with Gasteiger partial charge in [-0.25, -0.2) is 15.4 Å². The van der Waals surface area contributed by atoms with Crippen LogP contribution in [-0.2, 0) is 0 Å². The third kappa shape index (κ3) is 3.58. The molecule has 1 aromatic heterocycles. The molecule has 3 N–H and O–H groups in total. The van der Waals surface area contributed by atoms with Crippen LogP contribution in [0, 0.1) is 0 Å². The van der Waals surface area contributed by atoms with Gasteiger partial charge in [-0.05, 0) is 30.3 Å². The van der Waals surface area contributed by atoms with Crippen molar-refractivity contribution in [3.63, 3.8) is 0 Å². The Morgan fingerprint density at radius 1 is 0.967 bits per heavy atom. The molecule has 4 rings (SSSR count). The van der Waals surface area contributed by atoms with Crippen LogP contribution in [0.4, 0.5) is 5.95 Å². The largest absolute Gasteiger partial charge is 0.493 e. The Kier molecular flexibility index (Phi) is 5.60. The number of hydrogen-bond acceptors (Lipinski definition) is 7. The summed E-state index contributed by atoms with van der Waals surface area (Å²) in [6.07, 6.45) is 0. The number of benzene rings is 3. The van der Waals surface area contributed by atoms with Crippen molar-refractivity contribution in [1.29, 1.82) is 0 Å². The third-order valence-electron chi connectivity index (χ3n) is 4.58. The van der Waals surface area contributed by atoms with Crippen molar-refractivity contribution in [2.45, 2.75) is 9.79 Å².